The van der Waals surface area contributed by atoms with Crippen LogP contribution in [0.4, 0.5) is 5.69 Å². The number of ether oxygens (including phenoxy) is 1. The zero-order chi connectivity index (χ0) is 14.1. The van der Waals surface area contributed by atoms with Crippen molar-refractivity contribution in [1.29, 1.82) is 0 Å². The van der Waals surface area contributed by atoms with Crippen molar-refractivity contribution in [3.8, 4) is 0 Å². The molecule has 0 aliphatic rings. The lowest BCUT2D eigenvalue weighted by molar-refractivity contribution is -0.149. The van der Waals surface area contributed by atoms with Gasteiger partial charge in [0.2, 0.25) is 0 Å². The number of aliphatic imine (C=N–C) groups is 1. The molecule has 0 N–H and O–H groups in total. The molecule has 0 amide bonds. The molecule has 0 bridgehead atoms. The Hall–Kier alpha value is -1.91. The first-order valence-corrected chi connectivity index (χ1v) is 6.33. The van der Waals surface area contributed by atoms with E-state index in [1.807, 2.05) is 18.2 Å². The third-order valence-corrected chi connectivity index (χ3v) is 2.50. The molecule has 0 aromatic heterocycles. The summed E-state index contributed by atoms with van der Waals surface area (Å²) in [7, 11) is 0. The largest absolute Gasteiger partial charge is 0.463 e. The Labute approximate surface area is 117 Å². The van der Waals surface area contributed by atoms with Crippen molar-refractivity contribution in [3.05, 3.63) is 30.3 Å². The summed E-state index contributed by atoms with van der Waals surface area (Å²) >= 11 is 4.57. The van der Waals surface area contributed by atoms with Crippen molar-refractivity contribution < 1.29 is 9.53 Å². The monoisotopic (exact) mass is 277 g/mol. The number of nitrogens with zero attached hydrogens (tertiary/aromatic N) is 3. The molecule has 0 saturated heterocycles. The lowest BCUT2D eigenvalue weighted by Gasteiger charge is -2.18. The van der Waals surface area contributed by atoms with Gasteiger partial charge in [-0.1, -0.05) is 25.1 Å². The van der Waals surface area contributed by atoms with Crippen LogP contribution >= 0.6 is 12.2 Å². The van der Waals surface area contributed by atoms with Gasteiger partial charge >= 0.3 is 5.97 Å². The molecule has 0 radical (unpaired) electrons. The number of hydrogen-bond acceptors (Lipinski definition) is 6. The van der Waals surface area contributed by atoms with Crippen LogP contribution in [-0.2, 0) is 9.53 Å². The van der Waals surface area contributed by atoms with Crippen molar-refractivity contribution >= 4 is 29.0 Å². The summed E-state index contributed by atoms with van der Waals surface area (Å²) in [5.41, 5.74) is -0.808. The Balaban J connectivity index is 3.07. The maximum absolute atomic E-state index is 12.0. The molecule has 1 unspecified atom stereocenters. The third-order valence-electron chi connectivity index (χ3n) is 2.41. The number of thiocarbonyl (C=S) groups is 1. The minimum Gasteiger partial charge on any atom is -0.463 e. The predicted molar refractivity (Wildman–Crippen MR) is 75.6 cm³/mol. The van der Waals surface area contributed by atoms with E-state index in [1.54, 1.807) is 26.0 Å². The number of carbonyl (C=O) groups excluding carboxylic acids is 1. The lowest BCUT2D eigenvalue weighted by atomic mass is 10.1. The van der Waals surface area contributed by atoms with Crippen molar-refractivity contribution in [2.24, 2.45) is 15.2 Å². The van der Waals surface area contributed by atoms with Crippen LogP contribution in [0.5, 0.6) is 0 Å². The molecule has 100 valence electrons. The van der Waals surface area contributed by atoms with E-state index in [9.17, 15) is 4.79 Å². The molecule has 0 aliphatic heterocycles. The summed E-state index contributed by atoms with van der Waals surface area (Å²) in [4.78, 5) is 15.8. The molecule has 1 atom stereocenters. The van der Waals surface area contributed by atoms with Gasteiger partial charge in [-0.15, -0.1) is 5.11 Å². The number of benzene rings is 1. The van der Waals surface area contributed by atoms with Gasteiger partial charge in [-0.3, -0.25) is 0 Å². The van der Waals surface area contributed by atoms with Gasteiger partial charge < -0.3 is 4.74 Å². The quantitative estimate of drug-likeness (QED) is 0.346. The van der Waals surface area contributed by atoms with E-state index in [0.29, 0.717) is 12.1 Å². The molecule has 0 spiro atoms. The second kappa shape index (κ2) is 7.51. The molecular formula is C13H15N3O2S. The standard InChI is InChI=1S/C13H15N3O2S/c1-3-13(14-10-19,12(17)18-4-2)16-15-11-8-6-5-7-9-11/h5-9H,3-4H2,1-2H3. The van der Waals surface area contributed by atoms with Crippen molar-refractivity contribution in [3.63, 3.8) is 0 Å². The molecule has 19 heavy (non-hydrogen) atoms. The fraction of sp³-hybridized carbons (Fsp3) is 0.385. The number of esters is 1. The van der Waals surface area contributed by atoms with Gasteiger partial charge in [0.1, 0.15) is 0 Å². The fourth-order valence-electron chi connectivity index (χ4n) is 1.36. The van der Waals surface area contributed by atoms with Crippen molar-refractivity contribution in [1.82, 2.24) is 0 Å². The first kappa shape index (κ1) is 15.1. The van der Waals surface area contributed by atoms with Crippen LogP contribution in [0.15, 0.2) is 45.6 Å². The van der Waals surface area contributed by atoms with Crippen LogP contribution in [0.1, 0.15) is 20.3 Å². The van der Waals surface area contributed by atoms with E-state index in [4.69, 9.17) is 4.74 Å². The second-order valence-electron chi connectivity index (χ2n) is 3.63. The molecule has 0 saturated carbocycles. The highest BCUT2D eigenvalue weighted by Crippen LogP contribution is 2.23. The highest BCUT2D eigenvalue weighted by atomic mass is 32.1. The van der Waals surface area contributed by atoms with Gasteiger partial charge in [-0.2, -0.15) is 10.1 Å². The van der Waals surface area contributed by atoms with Crippen molar-refractivity contribution in [2.75, 3.05) is 6.61 Å². The smallest absolute Gasteiger partial charge is 0.359 e. The summed E-state index contributed by atoms with van der Waals surface area (Å²) in [5, 5.41) is 10.2. The first-order chi connectivity index (χ1) is 9.18. The van der Waals surface area contributed by atoms with Gasteiger partial charge in [-0.25, -0.2) is 4.79 Å². The second-order valence-corrected chi connectivity index (χ2v) is 3.81. The SMILES string of the molecule is CCOC(=O)C(CC)(N=C=S)N=Nc1ccccc1. The summed E-state index contributed by atoms with van der Waals surface area (Å²) in [6.07, 6.45) is 0.297. The van der Waals surface area contributed by atoms with Crippen LogP contribution in [0.3, 0.4) is 0 Å². The van der Waals surface area contributed by atoms with Gasteiger partial charge in [0.15, 0.2) is 0 Å². The summed E-state index contributed by atoms with van der Waals surface area (Å²) in [6, 6.07) is 9.07. The number of isothiocyanates is 1. The molecule has 1 rings (SSSR count). The molecule has 1 aromatic carbocycles. The Morgan fingerprint density at radius 3 is 2.58 bits per heavy atom. The van der Waals surface area contributed by atoms with E-state index in [-0.39, 0.29) is 6.61 Å². The van der Waals surface area contributed by atoms with Crippen LogP contribution < -0.4 is 0 Å². The first-order valence-electron chi connectivity index (χ1n) is 5.92. The number of rotatable bonds is 6. The van der Waals surface area contributed by atoms with Crippen LogP contribution in [0.25, 0.3) is 0 Å². The molecule has 0 heterocycles. The number of azo groups is 1. The highest BCUT2D eigenvalue weighted by Gasteiger charge is 2.38. The average molecular weight is 277 g/mol. The predicted octanol–water partition coefficient (Wildman–Crippen LogP) is 3.54. The molecule has 1 aromatic rings. The Morgan fingerprint density at radius 2 is 2.05 bits per heavy atom. The van der Waals surface area contributed by atoms with E-state index >= 15 is 0 Å². The van der Waals surface area contributed by atoms with E-state index in [0.717, 1.165) is 0 Å². The lowest BCUT2D eigenvalue weighted by Crippen LogP contribution is -2.35. The van der Waals surface area contributed by atoms with Gasteiger partial charge in [-0.05, 0) is 31.3 Å². The van der Waals surface area contributed by atoms with Gasteiger partial charge in [0, 0.05) is 6.42 Å². The van der Waals surface area contributed by atoms with E-state index < -0.39 is 11.6 Å². The Morgan fingerprint density at radius 1 is 1.37 bits per heavy atom. The maximum Gasteiger partial charge on any atom is 0.359 e. The number of hydrogen-bond donors (Lipinski definition) is 0. The molecule has 6 heteroatoms. The molecule has 0 aliphatic carbocycles. The van der Waals surface area contributed by atoms with Gasteiger partial charge in [0.25, 0.3) is 5.66 Å². The topological polar surface area (TPSA) is 63.4 Å². The molecule has 0 fully saturated rings. The molecule has 5 nitrogen and oxygen atoms in total. The highest BCUT2D eigenvalue weighted by molar-refractivity contribution is 7.78. The minimum atomic E-state index is -1.44. The average Bonchev–Trinajstić information content (AvgIpc) is 2.45. The van der Waals surface area contributed by atoms with Crippen LogP contribution in [0.2, 0.25) is 0 Å². The normalized spacial score (nSPS) is 13.6. The molecular weight excluding hydrogens is 262 g/mol. The number of carbonyl (C=O) groups is 1. The summed E-state index contributed by atoms with van der Waals surface area (Å²) < 4.78 is 4.97. The van der Waals surface area contributed by atoms with Crippen LogP contribution in [-0.4, -0.2) is 23.4 Å². The zero-order valence-electron chi connectivity index (χ0n) is 10.9. The summed E-state index contributed by atoms with van der Waals surface area (Å²) in [5.74, 6) is -0.575. The zero-order valence-corrected chi connectivity index (χ0v) is 11.7. The maximum atomic E-state index is 12.0. The Bertz CT molecular complexity index is 498. The van der Waals surface area contributed by atoms with Crippen LogP contribution in [0, 0.1) is 0 Å². The summed E-state index contributed by atoms with van der Waals surface area (Å²) in [6.45, 7) is 3.72. The fourth-order valence-corrected chi connectivity index (χ4v) is 1.51. The van der Waals surface area contributed by atoms with Crippen molar-refractivity contribution in [2.45, 2.75) is 25.9 Å². The van der Waals surface area contributed by atoms with Gasteiger partial charge in [0.05, 0.1) is 17.5 Å². The van der Waals surface area contributed by atoms with E-state index in [2.05, 4.69) is 32.6 Å². The minimum absolute atomic E-state index is 0.244. The van der Waals surface area contributed by atoms with E-state index in [1.165, 1.54) is 0 Å². The third kappa shape index (κ3) is 4.05. The Kier molecular flexibility index (Phi) is 5.99.